The summed E-state index contributed by atoms with van der Waals surface area (Å²) in [7, 11) is 0. The van der Waals surface area contributed by atoms with Gasteiger partial charge in [0, 0.05) is 17.0 Å². The summed E-state index contributed by atoms with van der Waals surface area (Å²) in [4.78, 5) is 1.45. The van der Waals surface area contributed by atoms with Gasteiger partial charge in [-0.2, -0.15) is 0 Å². The summed E-state index contributed by atoms with van der Waals surface area (Å²) < 4.78 is 0. The van der Waals surface area contributed by atoms with Crippen molar-refractivity contribution in [1.29, 1.82) is 0 Å². The summed E-state index contributed by atoms with van der Waals surface area (Å²) in [5, 5.41) is 5.95. The molecule has 2 heteroatoms. The maximum Gasteiger partial charge on any atom is 0.0388 e. The summed E-state index contributed by atoms with van der Waals surface area (Å²) in [5.41, 5.74) is 0. The van der Waals surface area contributed by atoms with Gasteiger partial charge in [0.25, 0.3) is 0 Å². The normalized spacial score (nSPS) is 34.1. The molecule has 0 saturated heterocycles. The number of hydrogen-bond acceptors (Lipinski definition) is 2. The van der Waals surface area contributed by atoms with Crippen molar-refractivity contribution in [3.63, 3.8) is 0 Å². The molecule has 1 aromatic heterocycles. The molecule has 2 aliphatic carbocycles. The van der Waals surface area contributed by atoms with Gasteiger partial charge in [0.1, 0.15) is 0 Å². The number of nitrogens with one attached hydrogen (secondary N) is 1. The second-order valence-electron chi connectivity index (χ2n) is 5.64. The molecular weight excluding hydrogens is 226 g/mol. The lowest BCUT2D eigenvalue weighted by atomic mass is 9.87. The van der Waals surface area contributed by atoms with Gasteiger partial charge in [-0.05, 0) is 55.9 Å². The van der Waals surface area contributed by atoms with E-state index in [4.69, 9.17) is 0 Å². The molecule has 1 heterocycles. The van der Waals surface area contributed by atoms with Crippen molar-refractivity contribution < 1.29 is 0 Å². The topological polar surface area (TPSA) is 12.0 Å². The Kier molecular flexibility index (Phi) is 3.10. The Morgan fingerprint density at radius 3 is 2.76 bits per heavy atom. The van der Waals surface area contributed by atoms with Crippen LogP contribution >= 0.6 is 11.3 Å². The molecule has 1 nitrogen and oxygen atoms in total. The standard InChI is InChI=1S/C15H21NS/c1-10(14-9-12-5-6-13(14)8-12)16-11(2)15-4-3-7-17-15/h3-7,10-14,16H,8-9H2,1-2H3/t10?,11-,12?,13?,14?/m1/s1. The van der Waals surface area contributed by atoms with E-state index in [1.807, 2.05) is 11.3 Å². The molecule has 2 bridgehead atoms. The lowest BCUT2D eigenvalue weighted by Gasteiger charge is -2.28. The average molecular weight is 247 g/mol. The van der Waals surface area contributed by atoms with E-state index in [-0.39, 0.29) is 0 Å². The molecule has 3 rings (SSSR count). The Hall–Kier alpha value is -0.600. The van der Waals surface area contributed by atoms with Gasteiger partial charge in [-0.15, -0.1) is 11.3 Å². The second-order valence-corrected chi connectivity index (χ2v) is 6.62. The summed E-state index contributed by atoms with van der Waals surface area (Å²) in [6, 6.07) is 5.50. The molecule has 1 fully saturated rings. The quantitative estimate of drug-likeness (QED) is 0.793. The average Bonchev–Trinajstić information content (AvgIpc) is 3.05. The summed E-state index contributed by atoms with van der Waals surface area (Å²) >= 11 is 1.85. The predicted octanol–water partition coefficient (Wildman–Crippen LogP) is 4.00. The molecule has 2 aliphatic rings. The van der Waals surface area contributed by atoms with Gasteiger partial charge >= 0.3 is 0 Å². The first-order valence-electron chi connectivity index (χ1n) is 6.72. The van der Waals surface area contributed by atoms with Gasteiger partial charge in [0.05, 0.1) is 0 Å². The second kappa shape index (κ2) is 4.58. The molecule has 1 saturated carbocycles. The third-order valence-corrected chi connectivity index (χ3v) is 5.51. The molecule has 1 aromatic rings. The van der Waals surface area contributed by atoms with Crippen LogP contribution in [0.2, 0.25) is 0 Å². The fraction of sp³-hybridized carbons (Fsp3) is 0.600. The summed E-state index contributed by atoms with van der Waals surface area (Å²) in [6.45, 7) is 4.65. The first-order chi connectivity index (χ1) is 8.24. The van der Waals surface area contributed by atoms with Gasteiger partial charge in [-0.3, -0.25) is 0 Å². The minimum Gasteiger partial charge on any atom is -0.307 e. The van der Waals surface area contributed by atoms with Gasteiger partial charge in [-0.1, -0.05) is 18.2 Å². The third kappa shape index (κ3) is 2.21. The zero-order valence-corrected chi connectivity index (χ0v) is 11.4. The van der Waals surface area contributed by atoms with Crippen molar-refractivity contribution in [2.45, 2.75) is 38.8 Å². The molecular formula is C15H21NS. The third-order valence-electron chi connectivity index (χ3n) is 4.46. The van der Waals surface area contributed by atoms with E-state index >= 15 is 0 Å². The van der Waals surface area contributed by atoms with Crippen LogP contribution in [0.5, 0.6) is 0 Å². The van der Waals surface area contributed by atoms with Gasteiger partial charge in [-0.25, -0.2) is 0 Å². The minimum absolute atomic E-state index is 0.494. The van der Waals surface area contributed by atoms with Crippen LogP contribution in [0.15, 0.2) is 29.7 Å². The van der Waals surface area contributed by atoms with Crippen LogP contribution in [0, 0.1) is 17.8 Å². The highest BCUT2D eigenvalue weighted by Crippen LogP contribution is 2.45. The van der Waals surface area contributed by atoms with E-state index < -0.39 is 0 Å². The monoisotopic (exact) mass is 247 g/mol. The number of allylic oxidation sites excluding steroid dienone is 2. The van der Waals surface area contributed by atoms with E-state index in [1.165, 1.54) is 17.7 Å². The van der Waals surface area contributed by atoms with Crippen molar-refractivity contribution in [2.24, 2.45) is 17.8 Å². The van der Waals surface area contributed by atoms with Crippen molar-refractivity contribution in [1.82, 2.24) is 5.32 Å². The van der Waals surface area contributed by atoms with Crippen molar-refractivity contribution in [2.75, 3.05) is 0 Å². The van der Waals surface area contributed by atoms with Gasteiger partial charge in [0.2, 0.25) is 0 Å². The van der Waals surface area contributed by atoms with Crippen LogP contribution in [0.25, 0.3) is 0 Å². The Balaban J connectivity index is 1.60. The van der Waals surface area contributed by atoms with Crippen LogP contribution in [0.4, 0.5) is 0 Å². The lowest BCUT2D eigenvalue weighted by Crippen LogP contribution is -2.36. The largest absolute Gasteiger partial charge is 0.307 e. The zero-order chi connectivity index (χ0) is 11.8. The Morgan fingerprint density at radius 1 is 1.29 bits per heavy atom. The van der Waals surface area contributed by atoms with Crippen LogP contribution in [0.3, 0.4) is 0 Å². The van der Waals surface area contributed by atoms with E-state index in [0.29, 0.717) is 12.1 Å². The molecule has 5 atom stereocenters. The highest BCUT2D eigenvalue weighted by molar-refractivity contribution is 7.10. The van der Waals surface area contributed by atoms with E-state index in [2.05, 4.69) is 48.8 Å². The summed E-state index contributed by atoms with van der Waals surface area (Å²) in [6.07, 6.45) is 7.68. The highest BCUT2D eigenvalue weighted by Gasteiger charge is 2.38. The molecule has 0 aliphatic heterocycles. The number of rotatable bonds is 4. The van der Waals surface area contributed by atoms with Crippen LogP contribution in [-0.4, -0.2) is 6.04 Å². The maximum absolute atomic E-state index is 3.79. The molecule has 0 spiro atoms. The van der Waals surface area contributed by atoms with Crippen LogP contribution in [-0.2, 0) is 0 Å². The Morgan fingerprint density at radius 2 is 2.18 bits per heavy atom. The number of fused-ring (bicyclic) bond motifs is 2. The molecule has 92 valence electrons. The molecule has 1 N–H and O–H groups in total. The fourth-order valence-electron chi connectivity index (χ4n) is 3.54. The predicted molar refractivity (Wildman–Crippen MR) is 74.2 cm³/mol. The summed E-state index contributed by atoms with van der Waals surface area (Å²) in [5.74, 6) is 2.58. The Labute approximate surface area is 108 Å². The smallest absolute Gasteiger partial charge is 0.0388 e. The maximum atomic E-state index is 3.79. The fourth-order valence-corrected chi connectivity index (χ4v) is 4.28. The molecule has 17 heavy (non-hydrogen) atoms. The number of thiophene rings is 1. The molecule has 0 radical (unpaired) electrons. The van der Waals surface area contributed by atoms with Gasteiger partial charge in [0.15, 0.2) is 0 Å². The first-order valence-corrected chi connectivity index (χ1v) is 7.60. The van der Waals surface area contributed by atoms with Crippen molar-refractivity contribution in [3.05, 3.63) is 34.5 Å². The number of hydrogen-bond donors (Lipinski definition) is 1. The Bertz CT molecular complexity index is 395. The van der Waals surface area contributed by atoms with E-state index in [1.54, 1.807) is 0 Å². The first kappa shape index (κ1) is 11.5. The molecule has 0 aromatic carbocycles. The van der Waals surface area contributed by atoms with Crippen LogP contribution in [0.1, 0.15) is 37.6 Å². The van der Waals surface area contributed by atoms with Gasteiger partial charge < -0.3 is 5.32 Å². The van der Waals surface area contributed by atoms with E-state index in [9.17, 15) is 0 Å². The SMILES string of the molecule is CC(N[C@H](C)c1cccs1)C1CC2C=CC1C2. The van der Waals surface area contributed by atoms with E-state index in [0.717, 1.165) is 17.8 Å². The minimum atomic E-state index is 0.494. The molecule has 0 amide bonds. The van der Waals surface area contributed by atoms with Crippen molar-refractivity contribution >= 4 is 11.3 Å². The molecule has 4 unspecified atom stereocenters. The van der Waals surface area contributed by atoms with Crippen LogP contribution < -0.4 is 5.32 Å². The zero-order valence-electron chi connectivity index (χ0n) is 10.6. The lowest BCUT2D eigenvalue weighted by molar-refractivity contribution is 0.308. The highest BCUT2D eigenvalue weighted by atomic mass is 32.1. The van der Waals surface area contributed by atoms with Crippen molar-refractivity contribution in [3.8, 4) is 0 Å².